The molecule has 1 aromatic carbocycles. The number of halogens is 1. The number of carboxylic acid groups (broad SMARTS) is 1. The van der Waals surface area contributed by atoms with Gasteiger partial charge in [-0.25, -0.2) is 9.18 Å². The van der Waals surface area contributed by atoms with E-state index in [2.05, 4.69) is 10.6 Å². The normalized spacial score (nSPS) is 21.8. The van der Waals surface area contributed by atoms with Gasteiger partial charge in [-0.15, -0.1) is 0 Å². The monoisotopic (exact) mass is 294 g/mol. The van der Waals surface area contributed by atoms with Crippen LogP contribution in [-0.2, 0) is 4.79 Å². The summed E-state index contributed by atoms with van der Waals surface area (Å²) in [5, 5.41) is 14.8. The third-order valence-corrected chi connectivity index (χ3v) is 4.11. The Bertz CT molecular complexity index is 554. The van der Waals surface area contributed by atoms with E-state index in [0.29, 0.717) is 19.4 Å². The highest BCUT2D eigenvalue weighted by molar-refractivity contribution is 6.02. The number of anilines is 1. The topological polar surface area (TPSA) is 78.4 Å². The Labute approximate surface area is 122 Å². The predicted molar refractivity (Wildman–Crippen MR) is 76.8 cm³/mol. The van der Waals surface area contributed by atoms with Crippen LogP contribution in [0.25, 0.3) is 0 Å². The molecule has 1 unspecified atom stereocenters. The van der Waals surface area contributed by atoms with Gasteiger partial charge in [0.05, 0.1) is 16.7 Å². The minimum atomic E-state index is -1.27. The lowest BCUT2D eigenvalue weighted by Crippen LogP contribution is -2.47. The van der Waals surface area contributed by atoms with E-state index >= 15 is 0 Å². The van der Waals surface area contributed by atoms with Gasteiger partial charge in [0.15, 0.2) is 0 Å². The summed E-state index contributed by atoms with van der Waals surface area (Å²) in [6, 6.07) is 3.73. The van der Waals surface area contributed by atoms with Gasteiger partial charge in [0, 0.05) is 6.54 Å². The van der Waals surface area contributed by atoms with Crippen LogP contribution in [0.5, 0.6) is 0 Å². The third kappa shape index (κ3) is 3.05. The summed E-state index contributed by atoms with van der Waals surface area (Å²) < 4.78 is 13.9. The molecule has 114 valence electrons. The quantitative estimate of drug-likeness (QED) is 0.796. The van der Waals surface area contributed by atoms with Crippen molar-refractivity contribution in [3.63, 3.8) is 0 Å². The molecule has 0 radical (unpaired) electrons. The Morgan fingerprint density at radius 3 is 2.81 bits per heavy atom. The number of nitrogens with one attached hydrogen (secondary N) is 2. The number of carbonyl (C=O) groups is 2. The minimum Gasteiger partial charge on any atom is -0.478 e. The van der Waals surface area contributed by atoms with Crippen LogP contribution in [0.2, 0.25) is 0 Å². The maximum atomic E-state index is 13.9. The third-order valence-electron chi connectivity index (χ3n) is 4.11. The summed E-state index contributed by atoms with van der Waals surface area (Å²) in [6.07, 6.45) is 2.19. The van der Waals surface area contributed by atoms with Gasteiger partial charge in [-0.1, -0.05) is 13.0 Å². The Morgan fingerprint density at radius 1 is 1.48 bits per heavy atom. The molecule has 1 atom stereocenters. The molecule has 0 aliphatic carbocycles. The number of carbonyl (C=O) groups excluding carboxylic acids is 1. The molecule has 21 heavy (non-hydrogen) atoms. The van der Waals surface area contributed by atoms with Gasteiger partial charge in [-0.05, 0) is 37.9 Å². The van der Waals surface area contributed by atoms with Crippen molar-refractivity contribution in [2.45, 2.75) is 26.2 Å². The molecule has 5 nitrogen and oxygen atoms in total. The summed E-state index contributed by atoms with van der Waals surface area (Å²) in [4.78, 5) is 23.7. The van der Waals surface area contributed by atoms with Gasteiger partial charge in [-0.2, -0.15) is 0 Å². The van der Waals surface area contributed by atoms with Gasteiger partial charge >= 0.3 is 5.97 Å². The smallest absolute Gasteiger partial charge is 0.337 e. The van der Waals surface area contributed by atoms with Crippen LogP contribution in [0.3, 0.4) is 0 Å². The van der Waals surface area contributed by atoms with Crippen LogP contribution in [0.1, 0.15) is 36.5 Å². The molecular formula is C15H19FN2O3. The second-order valence-corrected chi connectivity index (χ2v) is 5.34. The average molecular weight is 294 g/mol. The van der Waals surface area contributed by atoms with E-state index < -0.39 is 17.2 Å². The Morgan fingerprint density at radius 2 is 2.24 bits per heavy atom. The van der Waals surface area contributed by atoms with E-state index in [4.69, 9.17) is 5.11 Å². The first kappa shape index (κ1) is 15.4. The van der Waals surface area contributed by atoms with Crippen molar-refractivity contribution < 1.29 is 19.1 Å². The van der Waals surface area contributed by atoms with E-state index in [1.165, 1.54) is 12.1 Å². The van der Waals surface area contributed by atoms with Crippen LogP contribution in [0, 0.1) is 11.2 Å². The Hall–Kier alpha value is -1.95. The predicted octanol–water partition coefficient (Wildman–Crippen LogP) is 2.24. The second kappa shape index (κ2) is 6.22. The molecule has 1 aliphatic rings. The number of amides is 1. The molecule has 3 N–H and O–H groups in total. The zero-order valence-electron chi connectivity index (χ0n) is 11.9. The minimum absolute atomic E-state index is 0.238. The molecule has 6 heteroatoms. The van der Waals surface area contributed by atoms with Gasteiger partial charge in [0.1, 0.15) is 5.82 Å². The highest BCUT2D eigenvalue weighted by Gasteiger charge is 2.38. The molecule has 0 spiro atoms. The highest BCUT2D eigenvalue weighted by Crippen LogP contribution is 2.32. The molecule has 1 saturated heterocycles. The Balaban J connectivity index is 2.29. The van der Waals surface area contributed by atoms with Crippen LogP contribution in [-0.4, -0.2) is 30.1 Å². The summed E-state index contributed by atoms with van der Waals surface area (Å²) >= 11 is 0. The fourth-order valence-electron chi connectivity index (χ4n) is 2.70. The van der Waals surface area contributed by atoms with Crippen molar-refractivity contribution in [2.24, 2.45) is 5.41 Å². The summed E-state index contributed by atoms with van der Waals surface area (Å²) in [5.74, 6) is -2.33. The molecule has 1 fully saturated rings. The number of aromatic carboxylic acids is 1. The van der Waals surface area contributed by atoms with Crippen molar-refractivity contribution in [1.82, 2.24) is 5.32 Å². The molecule has 0 saturated carbocycles. The molecule has 2 rings (SSSR count). The first-order valence-electron chi connectivity index (χ1n) is 7.04. The lowest BCUT2D eigenvalue weighted by atomic mass is 9.77. The molecule has 1 amide bonds. The standard InChI is InChI=1S/C15H19FN2O3/c1-2-15(7-4-8-17-9-15)14(21)18-12-10(13(19)20)5-3-6-11(12)16/h3,5-6,17H,2,4,7-9H2,1H3,(H,18,21)(H,19,20). The summed E-state index contributed by atoms with van der Waals surface area (Å²) in [6.45, 7) is 3.29. The Kier molecular flexibility index (Phi) is 4.57. The van der Waals surface area contributed by atoms with Crippen molar-refractivity contribution in [3.05, 3.63) is 29.6 Å². The van der Waals surface area contributed by atoms with Crippen molar-refractivity contribution in [2.75, 3.05) is 18.4 Å². The average Bonchev–Trinajstić information content (AvgIpc) is 2.49. The summed E-state index contributed by atoms with van der Waals surface area (Å²) in [5.41, 5.74) is -1.11. The first-order chi connectivity index (χ1) is 10.00. The molecule has 0 bridgehead atoms. The van der Waals surface area contributed by atoms with Gasteiger partial charge in [0.25, 0.3) is 0 Å². The van der Waals surface area contributed by atoms with E-state index in [0.717, 1.165) is 19.0 Å². The second-order valence-electron chi connectivity index (χ2n) is 5.34. The van der Waals surface area contributed by atoms with Crippen molar-refractivity contribution in [3.8, 4) is 0 Å². The zero-order chi connectivity index (χ0) is 15.5. The number of hydrogen-bond acceptors (Lipinski definition) is 3. The van der Waals surface area contributed by atoms with Gasteiger partial charge in [-0.3, -0.25) is 4.79 Å². The van der Waals surface area contributed by atoms with Crippen LogP contribution in [0.4, 0.5) is 10.1 Å². The molecular weight excluding hydrogens is 275 g/mol. The largest absolute Gasteiger partial charge is 0.478 e. The zero-order valence-corrected chi connectivity index (χ0v) is 11.9. The van der Waals surface area contributed by atoms with Gasteiger partial charge < -0.3 is 15.7 Å². The van der Waals surface area contributed by atoms with Gasteiger partial charge in [0.2, 0.25) is 5.91 Å². The van der Waals surface area contributed by atoms with E-state index in [-0.39, 0.29) is 17.2 Å². The maximum Gasteiger partial charge on any atom is 0.337 e. The van der Waals surface area contributed by atoms with Crippen LogP contribution >= 0.6 is 0 Å². The molecule has 0 aromatic heterocycles. The number of rotatable bonds is 4. The van der Waals surface area contributed by atoms with Crippen LogP contribution in [0.15, 0.2) is 18.2 Å². The summed E-state index contributed by atoms with van der Waals surface area (Å²) in [7, 11) is 0. The molecule has 1 aliphatic heterocycles. The molecule has 1 aromatic rings. The number of piperidine rings is 1. The number of para-hydroxylation sites is 1. The van der Waals surface area contributed by atoms with Crippen LogP contribution < -0.4 is 10.6 Å². The number of carboxylic acids is 1. The maximum absolute atomic E-state index is 13.9. The highest BCUT2D eigenvalue weighted by atomic mass is 19.1. The van der Waals surface area contributed by atoms with E-state index in [9.17, 15) is 14.0 Å². The van der Waals surface area contributed by atoms with E-state index in [1.54, 1.807) is 0 Å². The van der Waals surface area contributed by atoms with Crippen molar-refractivity contribution >= 4 is 17.6 Å². The molecule has 1 heterocycles. The SMILES string of the molecule is CCC1(C(=O)Nc2c(F)cccc2C(=O)O)CCCNC1. The lowest BCUT2D eigenvalue weighted by molar-refractivity contribution is -0.126. The number of hydrogen-bond donors (Lipinski definition) is 3. The fraction of sp³-hybridized carbons (Fsp3) is 0.467. The van der Waals surface area contributed by atoms with Crippen molar-refractivity contribution in [1.29, 1.82) is 0 Å². The lowest BCUT2D eigenvalue weighted by Gasteiger charge is -2.35. The first-order valence-corrected chi connectivity index (χ1v) is 7.04. The fourth-order valence-corrected chi connectivity index (χ4v) is 2.70. The number of benzene rings is 1. The van der Waals surface area contributed by atoms with E-state index in [1.807, 2.05) is 6.92 Å².